The first-order valence-electron chi connectivity index (χ1n) is 0.901. The largest absolute Gasteiger partial charge is 0.419 e. The molecule has 36 valence electrons. The Morgan fingerprint density at radius 3 is 1.44 bits per heavy atom. The fourth-order valence-electron chi connectivity index (χ4n) is 0. The SMILES string of the molecule is C=C[C-]=O.[Al].[In].[Sn].[Zn].[Zn]. The van der Waals surface area contributed by atoms with E-state index in [9.17, 15) is 0 Å². The van der Waals surface area contributed by atoms with Crippen LogP contribution in [0, 0.1) is 0 Å². The van der Waals surface area contributed by atoms with E-state index in [4.69, 9.17) is 4.79 Å². The number of rotatable bonds is 1. The Labute approximate surface area is 128 Å². The minimum Gasteiger partial charge on any atom is -0.419 e. The molecule has 1 nitrogen and oxygen atoms in total. The third kappa shape index (κ3) is 57.2. The quantitative estimate of drug-likeness (QED) is 0.291. The normalized spacial score (nSPS) is 2.22. The van der Waals surface area contributed by atoms with Crippen LogP contribution in [0.1, 0.15) is 0 Å². The summed E-state index contributed by atoms with van der Waals surface area (Å²) in [7, 11) is 0. The van der Waals surface area contributed by atoms with Crippen molar-refractivity contribution in [3.05, 3.63) is 12.7 Å². The molecular formula is C3H3AlInOSnZn2-. The maximum Gasteiger partial charge on any atom is 0 e. The van der Waals surface area contributed by atoms with Gasteiger partial charge in [-0.25, -0.2) is 12.7 Å². The molecule has 0 aliphatic heterocycles. The van der Waals surface area contributed by atoms with Crippen LogP contribution in [-0.2, 0) is 43.8 Å². The molecule has 0 aliphatic carbocycles. The molecule has 0 rings (SSSR count). The van der Waals surface area contributed by atoms with Crippen molar-refractivity contribution >= 4 is 73.4 Å². The van der Waals surface area contributed by atoms with Crippen molar-refractivity contribution in [3.8, 4) is 0 Å². The van der Waals surface area contributed by atoms with Crippen molar-refractivity contribution in [1.82, 2.24) is 0 Å². The second kappa shape index (κ2) is 44.7. The predicted molar refractivity (Wildman–Crippen MR) is 33.2 cm³/mol. The minimum atomic E-state index is 0. The van der Waals surface area contributed by atoms with Gasteiger partial charge in [-0.2, -0.15) is 0 Å². The molecule has 0 aliphatic rings. The Balaban J connectivity index is -0.00000000450. The van der Waals surface area contributed by atoms with Gasteiger partial charge in [0.05, 0.1) is 0 Å². The first kappa shape index (κ1) is 40.7. The summed E-state index contributed by atoms with van der Waals surface area (Å²) >= 11 is 0. The molecule has 0 fully saturated rings. The molecule has 0 aromatic heterocycles. The van der Waals surface area contributed by atoms with Gasteiger partial charge in [-0.15, -0.1) is 0 Å². The molecule has 10 radical (unpaired) electrons. The minimum absolute atomic E-state index is 0. The van der Waals surface area contributed by atoms with Crippen LogP contribution in [-0.4, -0.2) is 73.4 Å². The first-order chi connectivity index (χ1) is 1.91. The summed E-state index contributed by atoms with van der Waals surface area (Å²) in [4.78, 5) is 8.93. The number of hydrogen-bond donors (Lipinski definition) is 0. The summed E-state index contributed by atoms with van der Waals surface area (Å²) in [6.07, 6.45) is 2.51. The third-order valence-electron chi connectivity index (χ3n) is 0.0833. The summed E-state index contributed by atoms with van der Waals surface area (Å²) in [5.41, 5.74) is 0. The van der Waals surface area contributed by atoms with Crippen LogP contribution in [0.4, 0.5) is 0 Å². The van der Waals surface area contributed by atoms with Gasteiger partial charge in [0.25, 0.3) is 0 Å². The average Bonchev–Trinajstić information content (AvgIpc) is 1.37. The molecule has 0 aromatic carbocycles. The molecule has 0 bridgehead atoms. The van der Waals surface area contributed by atoms with Gasteiger partial charge in [-0.05, 0) is 6.29 Å². The zero-order valence-corrected chi connectivity index (χ0v) is 18.5. The van der Waals surface area contributed by atoms with E-state index in [1.54, 1.807) is 0 Å². The Kier molecular flexibility index (Phi) is 202. The van der Waals surface area contributed by atoms with E-state index in [0.29, 0.717) is 0 Å². The monoisotopic (exact) mass is 445 g/mol. The standard InChI is InChI=1S/C3H3O.Al.In.Sn.2Zn/c1-2-3-4;;;;;/h2H,1H2;;;;;/q-1;;;;;. The van der Waals surface area contributed by atoms with Gasteiger partial charge in [0, 0.05) is 106 Å². The molecule has 6 heteroatoms. The molecule has 0 N–H and O–H groups in total. The molecule has 0 spiro atoms. The summed E-state index contributed by atoms with van der Waals surface area (Å²) in [5, 5.41) is 0. The van der Waals surface area contributed by atoms with Crippen LogP contribution >= 0.6 is 0 Å². The molecule has 0 saturated carbocycles. The van der Waals surface area contributed by atoms with E-state index in [2.05, 4.69) is 6.58 Å². The maximum absolute atomic E-state index is 8.93. The Bertz CT molecular complexity index is 42.8. The zero-order valence-electron chi connectivity index (χ0n) is 5.26. The second-order valence-electron chi connectivity index (χ2n) is 0.322. The van der Waals surface area contributed by atoms with Crippen LogP contribution in [0.2, 0.25) is 0 Å². The molecule has 0 aromatic rings. The van der Waals surface area contributed by atoms with Crippen molar-refractivity contribution in [2.24, 2.45) is 0 Å². The smallest absolute Gasteiger partial charge is 0 e. The van der Waals surface area contributed by atoms with Gasteiger partial charge in [0.15, 0.2) is 0 Å². The zero-order chi connectivity index (χ0) is 3.41. The van der Waals surface area contributed by atoms with Gasteiger partial charge in [0.1, 0.15) is 0 Å². The molecule has 0 atom stereocenters. The van der Waals surface area contributed by atoms with E-state index < -0.39 is 0 Å². The molecule has 0 unspecified atom stereocenters. The Hall–Kier alpha value is 2.86. The average molecular weight is 446 g/mol. The van der Waals surface area contributed by atoms with E-state index in [1.165, 1.54) is 6.29 Å². The first-order valence-corrected chi connectivity index (χ1v) is 0.901. The predicted octanol–water partition coefficient (Wildman–Crippen LogP) is -0.865. The van der Waals surface area contributed by atoms with Gasteiger partial charge in [-0.3, -0.25) is 0 Å². The van der Waals surface area contributed by atoms with Crippen molar-refractivity contribution in [3.63, 3.8) is 0 Å². The van der Waals surface area contributed by atoms with Crippen molar-refractivity contribution in [2.75, 3.05) is 0 Å². The Morgan fingerprint density at radius 2 is 1.44 bits per heavy atom. The van der Waals surface area contributed by atoms with Gasteiger partial charge in [-0.1, -0.05) is 0 Å². The fraction of sp³-hybridized carbons (Fsp3) is 0. The Morgan fingerprint density at radius 1 is 1.33 bits per heavy atom. The van der Waals surface area contributed by atoms with Gasteiger partial charge < -0.3 is 4.79 Å². The van der Waals surface area contributed by atoms with Gasteiger partial charge >= 0.3 is 0 Å². The molecule has 0 saturated heterocycles. The summed E-state index contributed by atoms with van der Waals surface area (Å²) in [6.45, 7) is 3.06. The summed E-state index contributed by atoms with van der Waals surface area (Å²) < 4.78 is 0. The van der Waals surface area contributed by atoms with Crippen LogP contribution in [0.5, 0.6) is 0 Å². The third-order valence-corrected chi connectivity index (χ3v) is 0.0833. The number of allylic oxidation sites excluding steroid dienone is 1. The summed E-state index contributed by atoms with van der Waals surface area (Å²) in [6, 6.07) is 0. The second-order valence-corrected chi connectivity index (χ2v) is 0.322. The van der Waals surface area contributed by atoms with E-state index in [0.717, 1.165) is 6.08 Å². The van der Waals surface area contributed by atoms with Gasteiger partial charge in [0.2, 0.25) is 0 Å². The van der Waals surface area contributed by atoms with Crippen molar-refractivity contribution in [2.45, 2.75) is 0 Å². The van der Waals surface area contributed by atoms with Crippen molar-refractivity contribution in [1.29, 1.82) is 0 Å². The van der Waals surface area contributed by atoms with E-state index in [1.807, 2.05) is 0 Å². The number of hydrogen-bond acceptors (Lipinski definition) is 1. The van der Waals surface area contributed by atoms with Crippen LogP contribution in [0.25, 0.3) is 0 Å². The maximum atomic E-state index is 8.93. The molecule has 0 heterocycles. The fourth-order valence-corrected chi connectivity index (χ4v) is 0. The summed E-state index contributed by atoms with van der Waals surface area (Å²) in [5.74, 6) is 0. The van der Waals surface area contributed by atoms with Crippen LogP contribution in [0.15, 0.2) is 12.7 Å². The number of carbonyl (C=O) groups excluding carboxylic acids is 1. The molecular weight excluding hydrogens is 443 g/mol. The van der Waals surface area contributed by atoms with E-state index in [-0.39, 0.29) is 106 Å². The van der Waals surface area contributed by atoms with Crippen molar-refractivity contribution < 1.29 is 43.8 Å². The topological polar surface area (TPSA) is 17.1 Å². The molecule has 0 amide bonds. The molecule has 9 heavy (non-hydrogen) atoms. The van der Waals surface area contributed by atoms with E-state index >= 15 is 0 Å². The van der Waals surface area contributed by atoms with Crippen LogP contribution in [0.3, 0.4) is 0 Å². The van der Waals surface area contributed by atoms with Crippen LogP contribution < -0.4 is 0 Å².